The van der Waals surface area contributed by atoms with Crippen molar-refractivity contribution in [2.24, 2.45) is 16.9 Å². The first-order valence-electron chi connectivity index (χ1n) is 24.6. The second-order valence-electron chi connectivity index (χ2n) is 20.2. The van der Waals surface area contributed by atoms with Crippen LogP contribution in [0.1, 0.15) is 113 Å². The summed E-state index contributed by atoms with van der Waals surface area (Å²) in [5.74, 6) is -3.12. The predicted octanol–water partition coefficient (Wildman–Crippen LogP) is 5.09. The molecule has 16 nitrogen and oxygen atoms in total. The first-order valence-corrected chi connectivity index (χ1v) is 25.5. The number of primary amides is 1. The van der Waals surface area contributed by atoms with Crippen LogP contribution in [0.4, 0.5) is 10.1 Å². The number of para-hydroxylation sites is 1. The molecule has 3 aliphatic rings. The van der Waals surface area contributed by atoms with Gasteiger partial charge < -0.3 is 42.2 Å². The summed E-state index contributed by atoms with van der Waals surface area (Å²) in [5, 5.41) is 19.5. The van der Waals surface area contributed by atoms with Gasteiger partial charge >= 0.3 is 0 Å². The molecule has 0 unspecified atom stereocenters. The molecule has 0 radical (unpaired) electrons. The number of benzene rings is 3. The number of unbranched alkanes of at least 4 members (excludes halogenated alkanes) is 2. The molecule has 1 aromatic heterocycles. The van der Waals surface area contributed by atoms with Gasteiger partial charge in [-0.1, -0.05) is 81.8 Å². The fourth-order valence-electron chi connectivity index (χ4n) is 9.75. The molecule has 6 amide bonds. The molecule has 1 fully saturated rings. The van der Waals surface area contributed by atoms with E-state index < -0.39 is 71.2 Å². The second kappa shape index (κ2) is 22.9. The average Bonchev–Trinajstić information content (AvgIpc) is 4.05. The molecule has 18 heteroatoms. The number of nitrogens with zero attached hydrogens (tertiary/aromatic N) is 3. The SMILES string of the molecule is Cc1ncsc1-c1ccc([C@H](C)NC(=O)[C@@H]2C[C@@H](O)CN2C(=O)[C@@H](NC(=O)CCCCCc2cccc(OC[C@H](CCC(N)=O)NC(=O)[C@@H]3Cc4cccc5c4N3C(=O)[C@@H](N)CC5)c2F)C(C)(C)C)cc1. The lowest BCUT2D eigenvalue weighted by Crippen LogP contribution is -2.57. The van der Waals surface area contributed by atoms with Crippen molar-refractivity contribution in [2.45, 2.75) is 148 Å². The number of ether oxygens (including phenoxy) is 1. The number of hydrogen-bond acceptors (Lipinski definition) is 11. The molecular formula is C53H67FN8O8S. The number of hydrogen-bond donors (Lipinski definition) is 6. The molecule has 0 saturated carbocycles. The van der Waals surface area contributed by atoms with Crippen LogP contribution >= 0.6 is 11.3 Å². The molecule has 4 heterocycles. The molecule has 0 bridgehead atoms. The summed E-state index contributed by atoms with van der Waals surface area (Å²) in [6.45, 7) is 9.11. The number of carbonyl (C=O) groups excluding carboxylic acids is 6. The maximum atomic E-state index is 15.9. The Morgan fingerprint density at radius 1 is 0.944 bits per heavy atom. The van der Waals surface area contributed by atoms with E-state index >= 15 is 4.39 Å². The fourth-order valence-corrected chi connectivity index (χ4v) is 10.6. The van der Waals surface area contributed by atoms with E-state index in [1.54, 1.807) is 29.0 Å². The van der Waals surface area contributed by atoms with E-state index in [0.29, 0.717) is 50.5 Å². The van der Waals surface area contributed by atoms with Gasteiger partial charge in [0, 0.05) is 32.2 Å². The Kier molecular flexibility index (Phi) is 16.9. The lowest BCUT2D eigenvalue weighted by Gasteiger charge is -2.35. The van der Waals surface area contributed by atoms with Gasteiger partial charge in [0.05, 0.1) is 46.0 Å². The predicted molar refractivity (Wildman–Crippen MR) is 268 cm³/mol. The van der Waals surface area contributed by atoms with Gasteiger partial charge in [-0.05, 0) is 91.7 Å². The molecular weight excluding hydrogens is 928 g/mol. The van der Waals surface area contributed by atoms with Gasteiger partial charge in [-0.3, -0.25) is 33.7 Å². The highest BCUT2D eigenvalue weighted by molar-refractivity contribution is 7.13. The minimum absolute atomic E-state index is 0.0302. The van der Waals surface area contributed by atoms with Crippen molar-refractivity contribution in [3.63, 3.8) is 0 Å². The number of nitrogens with one attached hydrogen (secondary N) is 3. The van der Waals surface area contributed by atoms with Crippen LogP contribution < -0.4 is 37.1 Å². The average molecular weight is 995 g/mol. The number of anilines is 1. The Labute approximate surface area is 418 Å². The number of thiazole rings is 1. The summed E-state index contributed by atoms with van der Waals surface area (Å²) in [7, 11) is 0. The summed E-state index contributed by atoms with van der Waals surface area (Å²) < 4.78 is 21.8. The van der Waals surface area contributed by atoms with Gasteiger partial charge in [0.2, 0.25) is 35.4 Å². The first kappa shape index (κ1) is 52.6. The highest BCUT2D eigenvalue weighted by Gasteiger charge is 2.45. The van der Waals surface area contributed by atoms with Gasteiger partial charge in [0.15, 0.2) is 11.6 Å². The van der Waals surface area contributed by atoms with Crippen LogP contribution in [0.2, 0.25) is 0 Å². The van der Waals surface area contributed by atoms with Gasteiger partial charge in [0.25, 0.3) is 0 Å². The summed E-state index contributed by atoms with van der Waals surface area (Å²) in [4.78, 5) is 88.6. The Morgan fingerprint density at radius 2 is 1.66 bits per heavy atom. The quantitative estimate of drug-likeness (QED) is 0.0642. The lowest BCUT2D eigenvalue weighted by molar-refractivity contribution is -0.144. The molecule has 1 saturated heterocycles. The number of rotatable bonds is 20. The van der Waals surface area contributed by atoms with Gasteiger partial charge in [-0.25, -0.2) is 9.37 Å². The fraction of sp³-hybridized carbons (Fsp3) is 0.491. The zero-order chi connectivity index (χ0) is 51.1. The summed E-state index contributed by atoms with van der Waals surface area (Å²) in [6.07, 6.45) is 2.67. The van der Waals surface area contributed by atoms with Gasteiger partial charge in [-0.15, -0.1) is 11.3 Å². The third-order valence-electron chi connectivity index (χ3n) is 13.7. The highest BCUT2D eigenvalue weighted by Crippen LogP contribution is 2.39. The van der Waals surface area contributed by atoms with Gasteiger partial charge in [-0.2, -0.15) is 0 Å². The number of carbonyl (C=O) groups is 6. The highest BCUT2D eigenvalue weighted by atomic mass is 32.1. The Hall–Kier alpha value is -6.24. The third-order valence-corrected chi connectivity index (χ3v) is 14.7. The number of aryl methyl sites for hydroxylation is 3. The molecule has 4 aromatic rings. The Balaban J connectivity index is 0.887. The van der Waals surface area contributed by atoms with Crippen LogP contribution in [0.15, 0.2) is 66.2 Å². The minimum Gasteiger partial charge on any atom is -0.488 e. The molecule has 3 aromatic carbocycles. The maximum Gasteiger partial charge on any atom is 0.246 e. The number of β-amino-alcohol motifs (C(OH)–C–C–N with tert-alkyl or cyclic N) is 1. The van der Waals surface area contributed by atoms with E-state index in [1.165, 1.54) is 15.9 Å². The monoisotopic (exact) mass is 994 g/mol. The molecule has 7 rings (SSSR count). The van der Waals surface area contributed by atoms with E-state index in [4.69, 9.17) is 16.2 Å². The standard InChI is InChI=1S/C53H67FN8O8S/c1-30(32-17-19-35(20-18-32)47-31(2)57-29-71-47)58-49(66)40-26-38(63)27-61(40)52(69)48(53(3,4)5)60-44(65)16-8-6-7-11-33-12-10-15-42(45(33)54)70-28-37(22-24-43(56)64)59-50(67)41-25-36-14-9-13-34-21-23-39(55)51(68)62(41)46(34)36/h9-10,12-15,17-20,29-30,37-41,48,63H,6-8,11,16,21-28,55H2,1-5H3,(H2,56,64)(H,58,66)(H,59,67)(H,60,65)/t30-,37-,38+,39-,40-,41-,48+/m0/s1. The van der Waals surface area contributed by atoms with Crippen molar-refractivity contribution in [3.8, 4) is 16.2 Å². The van der Waals surface area contributed by atoms with Crippen LogP contribution in [-0.2, 0) is 48.0 Å². The number of nitrogens with two attached hydrogens (primary N) is 2. The summed E-state index contributed by atoms with van der Waals surface area (Å²) in [5.41, 5.74) is 18.6. The number of aliphatic hydroxyl groups excluding tert-OH is 1. The van der Waals surface area contributed by atoms with Gasteiger partial charge in [0.1, 0.15) is 24.7 Å². The molecule has 0 aliphatic carbocycles. The molecule has 0 spiro atoms. The van der Waals surface area contributed by atoms with Crippen LogP contribution in [0.3, 0.4) is 0 Å². The van der Waals surface area contributed by atoms with Crippen molar-refractivity contribution < 1.29 is 43.0 Å². The summed E-state index contributed by atoms with van der Waals surface area (Å²) >= 11 is 1.56. The van der Waals surface area contributed by atoms with E-state index in [9.17, 15) is 33.9 Å². The zero-order valence-electron chi connectivity index (χ0n) is 41.2. The Morgan fingerprint density at radius 3 is 2.37 bits per heavy atom. The molecule has 7 atom stereocenters. The van der Waals surface area contributed by atoms with Crippen molar-refractivity contribution in [1.29, 1.82) is 0 Å². The van der Waals surface area contributed by atoms with E-state index in [0.717, 1.165) is 38.5 Å². The number of aliphatic hydroxyl groups is 1. The third kappa shape index (κ3) is 12.6. The maximum absolute atomic E-state index is 15.9. The Bertz CT molecular complexity index is 2600. The van der Waals surface area contributed by atoms with E-state index in [-0.39, 0.29) is 62.4 Å². The number of aromatic nitrogens is 1. The van der Waals surface area contributed by atoms with Crippen LogP contribution in [0.25, 0.3) is 10.4 Å². The van der Waals surface area contributed by atoms with Crippen molar-refractivity contribution in [1.82, 2.24) is 25.8 Å². The topological polar surface area (TPSA) is 239 Å². The van der Waals surface area contributed by atoms with E-state index in [1.807, 2.05) is 77.1 Å². The van der Waals surface area contributed by atoms with Crippen LogP contribution in [0.5, 0.6) is 5.75 Å². The summed E-state index contributed by atoms with van der Waals surface area (Å²) in [6, 6.07) is 13.8. The molecule has 8 N–H and O–H groups in total. The number of likely N-dealkylation sites (tertiary alicyclic amines) is 1. The number of halogens is 1. The van der Waals surface area contributed by atoms with E-state index in [2.05, 4.69) is 20.9 Å². The van der Waals surface area contributed by atoms with Crippen LogP contribution in [0, 0.1) is 18.2 Å². The second-order valence-corrected chi connectivity index (χ2v) is 21.0. The minimum atomic E-state index is -0.971. The molecule has 71 heavy (non-hydrogen) atoms. The molecule has 380 valence electrons. The van der Waals surface area contributed by atoms with Crippen molar-refractivity contribution in [3.05, 3.63) is 99.9 Å². The normalized spacial score (nSPS) is 19.9. The largest absolute Gasteiger partial charge is 0.488 e. The number of amides is 6. The lowest BCUT2D eigenvalue weighted by atomic mass is 9.85. The molecule has 3 aliphatic heterocycles. The zero-order valence-corrected chi connectivity index (χ0v) is 42.0. The van der Waals surface area contributed by atoms with Crippen molar-refractivity contribution >= 4 is 52.5 Å². The van der Waals surface area contributed by atoms with Crippen molar-refractivity contribution in [2.75, 3.05) is 18.1 Å². The van der Waals surface area contributed by atoms with Crippen LogP contribution in [-0.4, -0.2) is 99.9 Å². The first-order chi connectivity index (χ1) is 33.8. The smallest absolute Gasteiger partial charge is 0.246 e.